The van der Waals surface area contributed by atoms with Gasteiger partial charge in [0, 0.05) is 15.7 Å². The summed E-state index contributed by atoms with van der Waals surface area (Å²) >= 11 is 1.78. The summed E-state index contributed by atoms with van der Waals surface area (Å²) in [5.41, 5.74) is 3.62. The molecule has 0 amide bonds. The molecule has 0 spiro atoms. The second-order valence-corrected chi connectivity index (χ2v) is 5.94. The van der Waals surface area contributed by atoms with Crippen molar-refractivity contribution in [2.45, 2.75) is 4.90 Å². The van der Waals surface area contributed by atoms with Gasteiger partial charge in [0.2, 0.25) is 0 Å². The van der Waals surface area contributed by atoms with Crippen molar-refractivity contribution in [2.24, 2.45) is 7.05 Å². The largest absolute Gasteiger partial charge is 0.287 e. The number of aromatic nitrogens is 2. The first-order valence-electron chi connectivity index (χ1n) is 6.65. The van der Waals surface area contributed by atoms with Crippen LogP contribution in [-0.2, 0) is 7.05 Å². The Morgan fingerprint density at radius 2 is 1.85 bits per heavy atom. The number of thioether (sulfide) groups is 1. The molecule has 0 atom stereocenters. The van der Waals surface area contributed by atoms with E-state index in [4.69, 9.17) is 0 Å². The monoisotopic (exact) mass is 279 g/mol. The number of nitrogens with zero attached hydrogens (tertiary/aromatic N) is 1. The number of H-pyrrole nitrogens is 1. The van der Waals surface area contributed by atoms with E-state index in [9.17, 15) is 0 Å². The maximum absolute atomic E-state index is 3.52. The van der Waals surface area contributed by atoms with Gasteiger partial charge < -0.3 is 0 Å². The molecule has 98 valence electrons. The second-order valence-electron chi connectivity index (χ2n) is 5.06. The van der Waals surface area contributed by atoms with Crippen molar-refractivity contribution in [3.8, 4) is 0 Å². The molecule has 0 aliphatic carbocycles. The second kappa shape index (κ2) is 4.25. The normalized spacial score (nSPS) is 11.7. The highest BCUT2D eigenvalue weighted by molar-refractivity contribution is 7.98. The lowest BCUT2D eigenvalue weighted by Crippen LogP contribution is -2.30. The van der Waals surface area contributed by atoms with E-state index in [1.165, 1.54) is 37.7 Å². The summed E-state index contributed by atoms with van der Waals surface area (Å²) in [6.45, 7) is 0. The number of para-hydroxylation sites is 1. The molecule has 4 aromatic rings. The maximum Gasteiger partial charge on any atom is 0.287 e. The summed E-state index contributed by atoms with van der Waals surface area (Å²) in [6.07, 6.45) is 2.12. The van der Waals surface area contributed by atoms with Crippen molar-refractivity contribution < 1.29 is 4.57 Å². The molecule has 4 rings (SSSR count). The van der Waals surface area contributed by atoms with Gasteiger partial charge in [-0.15, -0.1) is 11.8 Å². The lowest BCUT2D eigenvalue weighted by molar-refractivity contribution is -0.619. The standard InChI is InChI=1S/C17H14N2S/c1-19-16-8-7-12(20-2)9-11(16)10-14-13-5-3-4-6-15(13)18-17(14)19/h3-10H,1-2H3/p+1. The Bertz CT molecular complexity index is 953. The van der Waals surface area contributed by atoms with Crippen LogP contribution in [-0.4, -0.2) is 11.2 Å². The molecular weight excluding hydrogens is 264 g/mol. The van der Waals surface area contributed by atoms with Gasteiger partial charge in [-0.3, -0.25) is 0 Å². The summed E-state index contributed by atoms with van der Waals surface area (Å²) in [5, 5.41) is 3.86. The van der Waals surface area contributed by atoms with Crippen LogP contribution in [0.4, 0.5) is 0 Å². The molecule has 1 N–H and O–H groups in total. The van der Waals surface area contributed by atoms with Gasteiger partial charge in [0.15, 0.2) is 0 Å². The van der Waals surface area contributed by atoms with Gasteiger partial charge in [-0.2, -0.15) is 0 Å². The van der Waals surface area contributed by atoms with Crippen LogP contribution in [0.1, 0.15) is 0 Å². The summed E-state index contributed by atoms with van der Waals surface area (Å²) in [7, 11) is 2.12. The van der Waals surface area contributed by atoms with Crippen LogP contribution in [0.3, 0.4) is 0 Å². The molecule has 0 aliphatic heterocycles. The Morgan fingerprint density at radius 1 is 1.00 bits per heavy atom. The minimum atomic E-state index is 1.18. The molecule has 0 saturated heterocycles. The van der Waals surface area contributed by atoms with E-state index in [1.807, 2.05) is 0 Å². The number of fused-ring (bicyclic) bond motifs is 4. The molecule has 0 unspecified atom stereocenters. The number of pyridine rings is 1. The van der Waals surface area contributed by atoms with Crippen LogP contribution >= 0.6 is 11.8 Å². The third kappa shape index (κ3) is 1.56. The molecular formula is C17H15N2S+. The predicted molar refractivity (Wildman–Crippen MR) is 86.3 cm³/mol. The number of aromatic amines is 1. The number of hydrogen-bond donors (Lipinski definition) is 1. The minimum Gasteiger partial charge on any atom is -0.240 e. The fraction of sp³-hybridized carbons (Fsp3) is 0.118. The van der Waals surface area contributed by atoms with Crippen molar-refractivity contribution in [2.75, 3.05) is 6.26 Å². The summed E-state index contributed by atoms with van der Waals surface area (Å²) in [5.74, 6) is 0. The number of aryl methyl sites for hydroxylation is 1. The highest BCUT2D eigenvalue weighted by Gasteiger charge is 2.15. The fourth-order valence-corrected chi connectivity index (χ4v) is 3.37. The van der Waals surface area contributed by atoms with Gasteiger partial charge in [-0.25, -0.2) is 9.55 Å². The molecule has 2 heterocycles. The maximum atomic E-state index is 3.52. The van der Waals surface area contributed by atoms with E-state index in [2.05, 4.69) is 71.4 Å². The lowest BCUT2D eigenvalue weighted by atomic mass is 10.1. The van der Waals surface area contributed by atoms with Crippen molar-refractivity contribution in [1.29, 1.82) is 0 Å². The van der Waals surface area contributed by atoms with Crippen LogP contribution < -0.4 is 4.57 Å². The first kappa shape index (κ1) is 11.8. The highest BCUT2D eigenvalue weighted by Crippen LogP contribution is 2.27. The molecule has 0 bridgehead atoms. The Labute approximate surface area is 121 Å². The van der Waals surface area contributed by atoms with Crippen LogP contribution in [0.15, 0.2) is 53.4 Å². The molecule has 0 saturated carbocycles. The fourth-order valence-electron chi connectivity index (χ4n) is 2.92. The van der Waals surface area contributed by atoms with Crippen LogP contribution in [0.5, 0.6) is 0 Å². The van der Waals surface area contributed by atoms with Gasteiger partial charge in [0.25, 0.3) is 5.65 Å². The van der Waals surface area contributed by atoms with Crippen molar-refractivity contribution in [3.05, 3.63) is 48.5 Å². The zero-order valence-electron chi connectivity index (χ0n) is 11.5. The van der Waals surface area contributed by atoms with Gasteiger partial charge in [-0.05, 0) is 42.7 Å². The smallest absolute Gasteiger partial charge is 0.240 e. The number of rotatable bonds is 1. The van der Waals surface area contributed by atoms with Gasteiger partial charge in [0.1, 0.15) is 11.0 Å². The van der Waals surface area contributed by atoms with Gasteiger partial charge in [0.05, 0.1) is 12.4 Å². The summed E-state index contributed by atoms with van der Waals surface area (Å²) < 4.78 is 2.24. The third-order valence-electron chi connectivity index (χ3n) is 3.96. The SMILES string of the molecule is CSc1ccc2c(c1)cc1c3ccccc3[nH]c1[n+]2C. The number of benzene rings is 2. The molecule has 2 aromatic heterocycles. The predicted octanol–water partition coefficient (Wildman–Crippen LogP) is 4.02. The van der Waals surface area contributed by atoms with Crippen molar-refractivity contribution in [3.63, 3.8) is 0 Å². The average molecular weight is 279 g/mol. The first-order chi connectivity index (χ1) is 9.78. The van der Waals surface area contributed by atoms with Crippen molar-refractivity contribution >= 4 is 44.6 Å². The molecule has 20 heavy (non-hydrogen) atoms. The molecule has 0 fully saturated rings. The lowest BCUT2D eigenvalue weighted by Gasteiger charge is -2.03. The van der Waals surface area contributed by atoms with Gasteiger partial charge in [-0.1, -0.05) is 12.1 Å². The minimum absolute atomic E-state index is 1.18. The molecule has 0 aliphatic rings. The number of nitrogens with one attached hydrogen (secondary N) is 1. The zero-order chi connectivity index (χ0) is 13.7. The molecule has 2 nitrogen and oxygen atoms in total. The van der Waals surface area contributed by atoms with Gasteiger partial charge >= 0.3 is 0 Å². The van der Waals surface area contributed by atoms with E-state index < -0.39 is 0 Å². The van der Waals surface area contributed by atoms with E-state index in [1.54, 1.807) is 11.8 Å². The van der Waals surface area contributed by atoms with E-state index in [0.717, 1.165) is 0 Å². The highest BCUT2D eigenvalue weighted by atomic mass is 32.2. The van der Waals surface area contributed by atoms with Crippen LogP contribution in [0.25, 0.3) is 32.8 Å². The topological polar surface area (TPSA) is 19.7 Å². The van der Waals surface area contributed by atoms with E-state index in [0.29, 0.717) is 0 Å². The van der Waals surface area contributed by atoms with Crippen molar-refractivity contribution in [1.82, 2.24) is 4.98 Å². The Morgan fingerprint density at radius 3 is 2.70 bits per heavy atom. The zero-order valence-corrected chi connectivity index (χ0v) is 12.3. The number of hydrogen-bond acceptors (Lipinski definition) is 1. The Hall–Kier alpha value is -2.00. The van der Waals surface area contributed by atoms with E-state index >= 15 is 0 Å². The Kier molecular flexibility index (Phi) is 2.51. The summed E-state index contributed by atoms with van der Waals surface area (Å²) in [4.78, 5) is 4.83. The first-order valence-corrected chi connectivity index (χ1v) is 7.87. The quantitative estimate of drug-likeness (QED) is 0.412. The summed E-state index contributed by atoms with van der Waals surface area (Å²) in [6, 6.07) is 17.4. The third-order valence-corrected chi connectivity index (χ3v) is 4.68. The average Bonchev–Trinajstić information content (AvgIpc) is 2.86. The van der Waals surface area contributed by atoms with Crippen LogP contribution in [0, 0.1) is 0 Å². The van der Waals surface area contributed by atoms with Crippen LogP contribution in [0.2, 0.25) is 0 Å². The molecule has 2 aromatic carbocycles. The van der Waals surface area contributed by atoms with E-state index in [-0.39, 0.29) is 0 Å². The molecule has 3 heteroatoms. The molecule has 0 radical (unpaired) electrons. The Balaban J connectivity index is 2.22.